The van der Waals surface area contributed by atoms with E-state index < -0.39 is 15.4 Å². The molecule has 0 aliphatic heterocycles. The molecule has 0 unspecified atom stereocenters. The minimum absolute atomic E-state index is 0.0482. The van der Waals surface area contributed by atoms with E-state index in [9.17, 15) is 9.60 Å². The van der Waals surface area contributed by atoms with Crippen LogP contribution in [0.2, 0.25) is 0 Å². The molecule has 11 heteroatoms. The van der Waals surface area contributed by atoms with Gasteiger partial charge in [0.1, 0.15) is 5.82 Å². The quantitative estimate of drug-likeness (QED) is 0.174. The molecule has 2 rings (SSSR count). The fourth-order valence-electron chi connectivity index (χ4n) is 1.82. The third kappa shape index (κ3) is 4.92. The number of amidine groups is 1. The topological polar surface area (TPSA) is 143 Å². The standard InChI is InChI=1S/C14H16FN7O2S/c1-3-9-8-10(4-5-11(9)15)19-14(20-23)12-13(22-24-21-12)18-6-7-25(2,16)17/h1,4-5,8,16-17,23H,6-7H2,2H3,(H,18,22)(H,19,20). The lowest BCUT2D eigenvalue weighted by Crippen LogP contribution is -2.19. The summed E-state index contributed by atoms with van der Waals surface area (Å²) in [5.41, 5.74) is 0.512. The zero-order valence-electron chi connectivity index (χ0n) is 13.2. The summed E-state index contributed by atoms with van der Waals surface area (Å²) < 4.78 is 33.2. The number of terminal acetylenes is 1. The molecule has 1 heterocycles. The summed E-state index contributed by atoms with van der Waals surface area (Å²) in [5.74, 6) is 2.06. The molecule has 2 aromatic rings. The van der Waals surface area contributed by atoms with Crippen molar-refractivity contribution in [2.45, 2.75) is 0 Å². The van der Waals surface area contributed by atoms with Gasteiger partial charge in [-0.3, -0.25) is 9.56 Å². The van der Waals surface area contributed by atoms with Crippen LogP contribution >= 0.6 is 0 Å². The maximum Gasteiger partial charge on any atom is 0.203 e. The van der Waals surface area contributed by atoms with Crippen molar-refractivity contribution in [3.8, 4) is 12.3 Å². The van der Waals surface area contributed by atoms with Crippen molar-refractivity contribution in [3.63, 3.8) is 0 Å². The molecule has 0 radical (unpaired) electrons. The summed E-state index contributed by atoms with van der Waals surface area (Å²) in [6, 6.07) is 3.96. The van der Waals surface area contributed by atoms with E-state index in [4.69, 9.17) is 16.0 Å². The van der Waals surface area contributed by atoms with E-state index in [0.29, 0.717) is 18.0 Å². The predicted molar refractivity (Wildman–Crippen MR) is 92.7 cm³/mol. The molecule has 0 fully saturated rings. The molecule has 5 N–H and O–H groups in total. The van der Waals surface area contributed by atoms with Crippen LogP contribution in [0.3, 0.4) is 0 Å². The highest BCUT2D eigenvalue weighted by molar-refractivity contribution is 7.92. The van der Waals surface area contributed by atoms with Gasteiger partial charge in [-0.25, -0.2) is 9.02 Å². The average molecular weight is 365 g/mol. The number of anilines is 2. The van der Waals surface area contributed by atoms with E-state index in [2.05, 4.69) is 36.7 Å². The highest BCUT2D eigenvalue weighted by Crippen LogP contribution is 2.17. The molecular formula is C14H16FN7O2S. The van der Waals surface area contributed by atoms with Crippen molar-refractivity contribution < 1.29 is 14.2 Å². The lowest BCUT2D eigenvalue weighted by Gasteiger charge is -2.09. The number of nitrogens with one attached hydrogen (secondary N) is 4. The maximum atomic E-state index is 13.4. The fraction of sp³-hybridized carbons (Fsp3) is 0.214. The van der Waals surface area contributed by atoms with Gasteiger partial charge >= 0.3 is 0 Å². The molecule has 1 aromatic carbocycles. The van der Waals surface area contributed by atoms with E-state index >= 15 is 0 Å². The molecule has 0 amide bonds. The van der Waals surface area contributed by atoms with Gasteiger partial charge in [0.2, 0.25) is 11.7 Å². The lowest BCUT2D eigenvalue weighted by molar-refractivity contribution is 0.305. The van der Waals surface area contributed by atoms with E-state index in [1.807, 2.05) is 0 Å². The summed E-state index contributed by atoms with van der Waals surface area (Å²) in [6.07, 6.45) is 6.76. The summed E-state index contributed by atoms with van der Waals surface area (Å²) in [7, 11) is -2.17. The monoisotopic (exact) mass is 365 g/mol. The first-order chi connectivity index (χ1) is 11.8. The highest BCUT2D eigenvalue weighted by Gasteiger charge is 2.18. The Morgan fingerprint density at radius 2 is 2.24 bits per heavy atom. The van der Waals surface area contributed by atoms with Gasteiger partial charge in [0, 0.05) is 24.2 Å². The Balaban J connectivity index is 2.17. The Hall–Kier alpha value is -3.13. The Kier molecular flexibility index (Phi) is 5.56. The normalized spacial score (nSPS) is 11.8. The van der Waals surface area contributed by atoms with Crippen molar-refractivity contribution >= 4 is 27.0 Å². The Bertz CT molecular complexity index is 931. The number of rotatable bonds is 6. The zero-order chi connectivity index (χ0) is 18.4. The minimum atomic E-state index is -2.17. The molecule has 9 nitrogen and oxygen atoms in total. The minimum Gasteiger partial charge on any atom is -0.409 e. The van der Waals surface area contributed by atoms with Crippen molar-refractivity contribution in [3.05, 3.63) is 35.3 Å². The number of halogens is 1. The van der Waals surface area contributed by atoms with Crippen LogP contribution < -0.4 is 10.6 Å². The van der Waals surface area contributed by atoms with Gasteiger partial charge in [-0.2, -0.15) is 0 Å². The van der Waals surface area contributed by atoms with Gasteiger partial charge in [0.05, 0.1) is 5.56 Å². The molecule has 0 aliphatic carbocycles. The van der Waals surface area contributed by atoms with Gasteiger partial charge in [-0.05, 0) is 28.5 Å². The van der Waals surface area contributed by atoms with Crippen LogP contribution in [0.4, 0.5) is 15.9 Å². The highest BCUT2D eigenvalue weighted by atomic mass is 32.2. The number of nitrogens with zero attached hydrogens (tertiary/aromatic N) is 3. The van der Waals surface area contributed by atoms with Crippen LogP contribution in [-0.4, -0.2) is 39.9 Å². The van der Waals surface area contributed by atoms with Gasteiger partial charge < -0.3 is 15.8 Å². The number of hydrogen-bond donors (Lipinski definition) is 5. The molecule has 0 aliphatic rings. The molecule has 25 heavy (non-hydrogen) atoms. The Morgan fingerprint density at radius 1 is 1.48 bits per heavy atom. The molecular weight excluding hydrogens is 349 g/mol. The van der Waals surface area contributed by atoms with Crippen molar-refractivity contribution in [2.24, 2.45) is 5.16 Å². The molecule has 0 saturated carbocycles. The average Bonchev–Trinajstić information content (AvgIpc) is 3.01. The van der Waals surface area contributed by atoms with Crippen LogP contribution in [0.1, 0.15) is 11.3 Å². The van der Waals surface area contributed by atoms with E-state index in [0.717, 1.165) is 0 Å². The lowest BCUT2D eigenvalue weighted by atomic mass is 10.2. The van der Waals surface area contributed by atoms with Gasteiger partial charge in [-0.1, -0.05) is 20.7 Å². The summed E-state index contributed by atoms with van der Waals surface area (Å²) in [4.78, 5) is 0. The smallest absolute Gasteiger partial charge is 0.203 e. The maximum absolute atomic E-state index is 13.4. The van der Waals surface area contributed by atoms with E-state index in [-0.39, 0.29) is 22.9 Å². The number of oxime groups is 1. The Morgan fingerprint density at radius 3 is 2.88 bits per heavy atom. The second-order valence-electron chi connectivity index (χ2n) is 5.09. The first-order valence-electron chi connectivity index (χ1n) is 6.91. The summed E-state index contributed by atoms with van der Waals surface area (Å²) >= 11 is 0. The SMILES string of the molecule is C#Cc1cc(N/C(=N\O)c2nonc2NCCS(C)(=N)=N)ccc1F. The van der Waals surface area contributed by atoms with Crippen LogP contribution in [0, 0.1) is 27.7 Å². The molecule has 0 spiro atoms. The van der Waals surface area contributed by atoms with Crippen LogP contribution in [0.15, 0.2) is 28.0 Å². The summed E-state index contributed by atoms with van der Waals surface area (Å²) in [5, 5.41) is 25.3. The molecule has 0 bridgehead atoms. The van der Waals surface area contributed by atoms with Gasteiger partial charge in [-0.15, -0.1) is 6.42 Å². The van der Waals surface area contributed by atoms with Crippen molar-refractivity contribution in [1.29, 1.82) is 9.56 Å². The molecule has 132 valence electrons. The van der Waals surface area contributed by atoms with Crippen LogP contribution in [-0.2, 0) is 9.62 Å². The first-order valence-corrected chi connectivity index (χ1v) is 9.12. The largest absolute Gasteiger partial charge is 0.409 e. The Labute approximate surface area is 143 Å². The van der Waals surface area contributed by atoms with Crippen LogP contribution in [0.5, 0.6) is 0 Å². The van der Waals surface area contributed by atoms with E-state index in [1.54, 1.807) is 0 Å². The first kappa shape index (κ1) is 18.2. The van der Waals surface area contributed by atoms with Crippen LogP contribution in [0.25, 0.3) is 0 Å². The number of benzene rings is 1. The van der Waals surface area contributed by atoms with Gasteiger partial charge in [0.15, 0.2) is 5.69 Å². The second kappa shape index (κ2) is 7.63. The molecule has 0 saturated heterocycles. The third-order valence-corrected chi connectivity index (χ3v) is 4.02. The van der Waals surface area contributed by atoms with Gasteiger partial charge in [0.25, 0.3) is 0 Å². The second-order valence-corrected chi connectivity index (χ2v) is 7.68. The summed E-state index contributed by atoms with van der Waals surface area (Å²) in [6.45, 7) is 0.302. The molecule has 0 atom stereocenters. The fourth-order valence-corrected chi connectivity index (χ4v) is 2.33. The zero-order valence-corrected chi connectivity index (χ0v) is 14.0. The predicted octanol–water partition coefficient (Wildman–Crippen LogP) is 2.16. The molecule has 1 aromatic heterocycles. The van der Waals surface area contributed by atoms with Crippen molar-refractivity contribution in [1.82, 2.24) is 10.3 Å². The van der Waals surface area contributed by atoms with E-state index in [1.165, 1.54) is 24.5 Å². The number of hydrogen-bond acceptors (Lipinski definition) is 8. The third-order valence-electron chi connectivity index (χ3n) is 3.00. The van der Waals surface area contributed by atoms with Crippen molar-refractivity contribution in [2.75, 3.05) is 29.2 Å². The number of aromatic nitrogens is 2.